The number of halogens is 2. The van der Waals surface area contributed by atoms with Gasteiger partial charge >= 0.3 is 0 Å². The van der Waals surface area contributed by atoms with Gasteiger partial charge in [-0.25, -0.2) is 0 Å². The molecular weight excluding hydrogens is 519 g/mol. The molecule has 12 heteroatoms. The molecule has 2 aromatic carbocycles. The number of carbonyl (C=O) groups excluding carboxylic acids is 2. The van der Waals surface area contributed by atoms with Gasteiger partial charge in [0.1, 0.15) is 36.4 Å². The summed E-state index contributed by atoms with van der Waals surface area (Å²) in [5.41, 5.74) is -9.40. The lowest BCUT2D eigenvalue weighted by Crippen LogP contribution is -2.93. The van der Waals surface area contributed by atoms with Crippen LogP contribution in [0.2, 0.25) is 10.0 Å². The normalized spacial score (nSPS) is 35.3. The molecule has 4 rings (SSSR count). The zero-order chi connectivity index (χ0) is 26.5. The molecule has 10 nitrogen and oxygen atoms in total. The fraction of sp³-hybridized carbons (Fsp3) is 0.417. The average Bonchev–Trinajstić information content (AvgIpc) is 2.87. The number of fused-ring (bicyclic) bond motifs is 1. The Labute approximate surface area is 215 Å². The summed E-state index contributed by atoms with van der Waals surface area (Å²) in [6, 6.07) is 11.6. The van der Waals surface area contributed by atoms with Gasteiger partial charge in [-0.05, 0) is 48.5 Å². The number of aliphatic hydroxyl groups is 5. The van der Waals surface area contributed by atoms with Crippen LogP contribution in [-0.4, -0.2) is 85.6 Å². The molecule has 36 heavy (non-hydrogen) atoms. The van der Waals surface area contributed by atoms with Gasteiger partial charge in [-0.2, -0.15) is 0 Å². The van der Waals surface area contributed by atoms with E-state index < -0.39 is 66.0 Å². The summed E-state index contributed by atoms with van der Waals surface area (Å²) in [4.78, 5) is 26.6. The Kier molecular flexibility index (Phi) is 7.10. The Hall–Kier alpha value is -2.28. The van der Waals surface area contributed by atoms with Crippen LogP contribution in [0, 0.1) is 5.92 Å². The largest absolute Gasteiger partial charge is 0.486 e. The fourth-order valence-electron chi connectivity index (χ4n) is 4.71. The number of benzene rings is 2. The van der Waals surface area contributed by atoms with Crippen molar-refractivity contribution in [1.29, 1.82) is 0 Å². The highest BCUT2D eigenvalue weighted by Gasteiger charge is 2.84. The molecule has 0 amide bonds. The first-order valence-corrected chi connectivity index (χ1v) is 11.6. The highest BCUT2D eigenvalue weighted by atomic mass is 35.5. The molecule has 7 atom stereocenters. The number of carbonyl (C=O) groups is 2. The minimum absolute atomic E-state index is 0.160. The lowest BCUT2D eigenvalue weighted by Gasteiger charge is -2.66. The molecule has 0 bridgehead atoms. The van der Waals surface area contributed by atoms with E-state index in [9.17, 15) is 35.1 Å². The summed E-state index contributed by atoms with van der Waals surface area (Å²) >= 11 is 11.6. The number of hydrogen-bond donors (Lipinski definition) is 5. The number of ketones is 2. The minimum atomic E-state index is -3.39. The zero-order valence-electron chi connectivity index (χ0n) is 18.9. The molecule has 194 valence electrons. The highest BCUT2D eigenvalue weighted by molar-refractivity contribution is 6.30. The van der Waals surface area contributed by atoms with Gasteiger partial charge in [-0.15, -0.1) is 0 Å². The first-order valence-electron chi connectivity index (χ1n) is 10.9. The maximum absolute atomic E-state index is 13.4. The molecule has 1 heterocycles. The fourth-order valence-corrected chi connectivity index (χ4v) is 4.97. The van der Waals surface area contributed by atoms with E-state index in [0.717, 1.165) is 0 Å². The lowest BCUT2D eigenvalue weighted by molar-refractivity contribution is -0.428. The molecule has 1 aliphatic carbocycles. The van der Waals surface area contributed by atoms with E-state index in [0.29, 0.717) is 10.0 Å². The molecule has 1 aliphatic heterocycles. The summed E-state index contributed by atoms with van der Waals surface area (Å²) in [6.07, 6.45) is -5.60. The Bertz CT molecular complexity index is 1140. The molecule has 0 radical (unpaired) electrons. The van der Waals surface area contributed by atoms with E-state index in [1.54, 1.807) is 0 Å². The molecule has 1 saturated heterocycles. The van der Waals surface area contributed by atoms with E-state index in [4.69, 9.17) is 37.4 Å². The van der Waals surface area contributed by atoms with Crippen LogP contribution < -0.4 is 9.47 Å². The molecule has 2 aromatic rings. The van der Waals surface area contributed by atoms with Crippen molar-refractivity contribution in [3.05, 3.63) is 58.6 Å². The topological polar surface area (TPSA) is 163 Å². The smallest absolute Gasteiger partial charge is 0.216 e. The second kappa shape index (κ2) is 9.55. The minimum Gasteiger partial charge on any atom is -0.486 e. The van der Waals surface area contributed by atoms with Crippen molar-refractivity contribution in [2.45, 2.75) is 42.2 Å². The molecular formula is C24H24Cl2O10. The molecule has 5 N–H and O–H groups in total. The van der Waals surface area contributed by atoms with Crippen LogP contribution in [0.4, 0.5) is 0 Å². The number of Topliss-reactive ketones (excluding diaryl/α,β-unsaturated/α-hetero) is 2. The van der Waals surface area contributed by atoms with Gasteiger partial charge < -0.3 is 39.7 Å². The van der Waals surface area contributed by atoms with Crippen molar-refractivity contribution in [2.24, 2.45) is 5.92 Å². The lowest BCUT2D eigenvalue weighted by atomic mass is 9.49. The Morgan fingerprint density at radius 3 is 1.78 bits per heavy atom. The van der Waals surface area contributed by atoms with Crippen molar-refractivity contribution < 1.29 is 49.3 Å². The van der Waals surface area contributed by atoms with E-state index in [1.165, 1.54) is 55.5 Å². The van der Waals surface area contributed by atoms with Crippen LogP contribution >= 0.6 is 23.2 Å². The van der Waals surface area contributed by atoms with Crippen molar-refractivity contribution in [1.82, 2.24) is 0 Å². The van der Waals surface area contributed by atoms with E-state index in [2.05, 4.69) is 0 Å². The van der Waals surface area contributed by atoms with E-state index in [1.807, 2.05) is 0 Å². The maximum atomic E-state index is 13.4. The van der Waals surface area contributed by atoms with Crippen LogP contribution in [-0.2, 0) is 14.3 Å². The summed E-state index contributed by atoms with van der Waals surface area (Å²) in [7, 11) is 0. The average molecular weight is 543 g/mol. The monoisotopic (exact) mass is 542 g/mol. The Morgan fingerprint density at radius 1 is 0.861 bits per heavy atom. The third kappa shape index (κ3) is 3.89. The first-order chi connectivity index (χ1) is 16.9. The van der Waals surface area contributed by atoms with Gasteiger partial charge in [-0.3, -0.25) is 9.59 Å². The van der Waals surface area contributed by atoms with Gasteiger partial charge in [0.15, 0.2) is 11.9 Å². The number of hydrogen-bond acceptors (Lipinski definition) is 10. The third-order valence-corrected chi connectivity index (χ3v) is 7.41. The molecule has 2 aliphatic rings. The Balaban J connectivity index is 1.66. The van der Waals surface area contributed by atoms with Crippen LogP contribution in [0.3, 0.4) is 0 Å². The molecule has 0 aromatic heterocycles. The summed E-state index contributed by atoms with van der Waals surface area (Å²) in [6.45, 7) is -0.560. The molecule has 2 fully saturated rings. The van der Waals surface area contributed by atoms with E-state index >= 15 is 0 Å². The van der Waals surface area contributed by atoms with Gasteiger partial charge in [0, 0.05) is 16.0 Å². The second-order valence-electron chi connectivity index (χ2n) is 8.82. The quantitative estimate of drug-likeness (QED) is 0.317. The second-order valence-corrected chi connectivity index (χ2v) is 9.69. The maximum Gasteiger partial charge on any atom is 0.216 e. The van der Waals surface area contributed by atoms with Gasteiger partial charge in [0.05, 0.1) is 6.10 Å². The Morgan fingerprint density at radius 2 is 1.31 bits per heavy atom. The predicted octanol–water partition coefficient (Wildman–Crippen LogP) is 0.510. The zero-order valence-corrected chi connectivity index (χ0v) is 20.4. The standard InChI is InChI=1S/C24H24Cl2O10/c1-12-19(29)20-22(12,31)24(33,18(28)11-35-16-8-4-14(26)5-9-16)23(32,21(30)36-20)17(27)10-34-15-6-2-13(25)3-7-15/h2-9,12,19-21,29-33H,10-11H2,1H3/t12?,19?,20-,21-,22-,23+,24+/m1/s1. The molecule has 1 saturated carbocycles. The van der Waals surface area contributed by atoms with Crippen molar-refractivity contribution in [3.8, 4) is 11.5 Å². The van der Waals surface area contributed by atoms with Gasteiger partial charge in [0.2, 0.25) is 17.2 Å². The van der Waals surface area contributed by atoms with Crippen molar-refractivity contribution in [2.75, 3.05) is 13.2 Å². The van der Waals surface area contributed by atoms with Gasteiger partial charge in [0.25, 0.3) is 0 Å². The van der Waals surface area contributed by atoms with Crippen molar-refractivity contribution in [3.63, 3.8) is 0 Å². The van der Waals surface area contributed by atoms with Crippen LogP contribution in [0.5, 0.6) is 11.5 Å². The number of aliphatic hydroxyl groups excluding tert-OH is 2. The summed E-state index contributed by atoms with van der Waals surface area (Å²) in [5.74, 6) is -3.63. The first kappa shape index (κ1) is 26.8. The van der Waals surface area contributed by atoms with Crippen molar-refractivity contribution >= 4 is 34.8 Å². The summed E-state index contributed by atoms with van der Waals surface area (Å²) < 4.78 is 15.8. The van der Waals surface area contributed by atoms with Gasteiger partial charge in [-0.1, -0.05) is 30.1 Å². The highest BCUT2D eigenvalue weighted by Crippen LogP contribution is 2.56. The van der Waals surface area contributed by atoms with Crippen LogP contribution in [0.1, 0.15) is 6.92 Å². The summed E-state index contributed by atoms with van der Waals surface area (Å²) in [5, 5.41) is 56.2. The number of rotatable bonds is 8. The van der Waals surface area contributed by atoms with E-state index in [-0.39, 0.29) is 11.5 Å². The molecule has 0 spiro atoms. The number of ether oxygens (including phenoxy) is 3. The molecule has 2 unspecified atom stereocenters. The third-order valence-electron chi connectivity index (χ3n) is 6.91. The predicted molar refractivity (Wildman–Crippen MR) is 125 cm³/mol. The SMILES string of the molecule is CC1C(O)[C@H]2O[C@@H](O)[C@@](O)(C(=O)COc3ccc(Cl)cc3)[C@](O)(C(=O)COc3ccc(Cl)cc3)[C@@]12O. The van der Waals surface area contributed by atoms with Crippen LogP contribution in [0.25, 0.3) is 0 Å². The van der Waals surface area contributed by atoms with Crippen LogP contribution in [0.15, 0.2) is 48.5 Å².